The fourth-order valence-corrected chi connectivity index (χ4v) is 8.33. The van der Waals surface area contributed by atoms with Crippen LogP contribution in [0, 0.1) is 23.7 Å². The molecule has 6 aliphatic rings. The monoisotopic (exact) mass is 378 g/mol. The molecule has 4 saturated carbocycles. The zero-order valence-electron chi connectivity index (χ0n) is 17.6. The van der Waals surface area contributed by atoms with Gasteiger partial charge in [-0.15, -0.1) is 0 Å². The molecule has 1 heterocycles. The predicted molar refractivity (Wildman–Crippen MR) is 112 cm³/mol. The van der Waals surface area contributed by atoms with E-state index in [9.17, 15) is 5.11 Å². The third-order valence-electron chi connectivity index (χ3n) is 9.16. The molecule has 4 bridgehead atoms. The second-order valence-corrected chi connectivity index (χ2v) is 11.5. The van der Waals surface area contributed by atoms with Gasteiger partial charge in [0.1, 0.15) is 17.1 Å². The van der Waals surface area contributed by atoms with Crippen LogP contribution in [0.4, 0.5) is 0 Å². The van der Waals surface area contributed by atoms with Gasteiger partial charge >= 0.3 is 0 Å². The van der Waals surface area contributed by atoms with Crippen molar-refractivity contribution < 1.29 is 9.84 Å². The Kier molecular flexibility index (Phi) is 3.47. The van der Waals surface area contributed by atoms with Crippen molar-refractivity contribution in [3.05, 3.63) is 34.9 Å². The average molecular weight is 379 g/mol. The minimum Gasteiger partial charge on any atom is -0.508 e. The first-order valence-corrected chi connectivity index (χ1v) is 11.5. The van der Waals surface area contributed by atoms with E-state index in [0.717, 1.165) is 41.9 Å². The molecule has 2 heteroatoms. The van der Waals surface area contributed by atoms with E-state index in [-0.39, 0.29) is 5.60 Å². The molecule has 7 rings (SSSR count). The Balaban J connectivity index is 1.45. The number of benzene rings is 1. The Hall–Kier alpha value is -1.44. The first kappa shape index (κ1) is 17.4. The van der Waals surface area contributed by atoms with E-state index in [1.807, 2.05) is 0 Å². The zero-order valence-corrected chi connectivity index (χ0v) is 17.6. The van der Waals surface area contributed by atoms with Crippen LogP contribution >= 0.6 is 0 Å². The second-order valence-electron chi connectivity index (χ2n) is 11.5. The Labute approximate surface area is 169 Å². The van der Waals surface area contributed by atoms with Gasteiger partial charge in [-0.05, 0) is 113 Å². The van der Waals surface area contributed by atoms with E-state index < -0.39 is 0 Å². The van der Waals surface area contributed by atoms with Crippen molar-refractivity contribution in [2.45, 2.75) is 89.1 Å². The van der Waals surface area contributed by atoms with Crippen LogP contribution < -0.4 is 4.74 Å². The standard InChI is InChI=1S/C26H34O2/c1-15-4-5-21-20(6-15)24-22(27)10-19(11-23(24)28-25(21,2)3)26-12-16-7-17(13-26)9-18(8-16)14-26/h4,10-11,16-18,20-21,27H,5-9,12-14H2,1-3H3/t16?,17?,18?,20-,21-,26?/m1/s1. The summed E-state index contributed by atoms with van der Waals surface area (Å²) in [6.45, 7) is 6.73. The lowest BCUT2D eigenvalue weighted by molar-refractivity contribution is -0.00753. The van der Waals surface area contributed by atoms with Crippen LogP contribution in [-0.4, -0.2) is 10.7 Å². The molecule has 150 valence electrons. The number of phenolic OH excluding ortho intramolecular Hbond substituents is 1. The summed E-state index contributed by atoms with van der Waals surface area (Å²) in [5.41, 5.74) is 4.04. The van der Waals surface area contributed by atoms with Crippen LogP contribution in [0.2, 0.25) is 0 Å². The summed E-state index contributed by atoms with van der Waals surface area (Å²) < 4.78 is 6.62. The van der Waals surface area contributed by atoms with Crippen LogP contribution in [0.5, 0.6) is 11.5 Å². The summed E-state index contributed by atoms with van der Waals surface area (Å²) in [4.78, 5) is 0. The van der Waals surface area contributed by atoms with Gasteiger partial charge < -0.3 is 9.84 Å². The number of ether oxygens (including phenoxy) is 1. The fourth-order valence-electron chi connectivity index (χ4n) is 8.33. The maximum Gasteiger partial charge on any atom is 0.127 e. The summed E-state index contributed by atoms with van der Waals surface area (Å²) in [6, 6.07) is 4.51. The van der Waals surface area contributed by atoms with Gasteiger partial charge in [-0.25, -0.2) is 0 Å². The molecule has 2 atom stereocenters. The molecule has 1 aliphatic heterocycles. The molecule has 1 N–H and O–H groups in total. The van der Waals surface area contributed by atoms with Gasteiger partial charge in [0, 0.05) is 17.4 Å². The Morgan fingerprint density at radius 1 is 1.00 bits per heavy atom. The minimum atomic E-state index is -0.179. The van der Waals surface area contributed by atoms with E-state index in [0.29, 0.717) is 23.0 Å². The molecule has 1 aromatic carbocycles. The van der Waals surface area contributed by atoms with Crippen molar-refractivity contribution >= 4 is 0 Å². The molecule has 0 saturated heterocycles. The first-order valence-electron chi connectivity index (χ1n) is 11.5. The molecule has 0 radical (unpaired) electrons. The van der Waals surface area contributed by atoms with E-state index in [2.05, 4.69) is 39.0 Å². The maximum absolute atomic E-state index is 11.2. The Morgan fingerprint density at radius 2 is 1.64 bits per heavy atom. The van der Waals surface area contributed by atoms with Gasteiger partial charge in [0.25, 0.3) is 0 Å². The van der Waals surface area contributed by atoms with Crippen molar-refractivity contribution in [3.8, 4) is 11.5 Å². The molecule has 0 spiro atoms. The number of aromatic hydroxyl groups is 1. The van der Waals surface area contributed by atoms with E-state index >= 15 is 0 Å². The summed E-state index contributed by atoms with van der Waals surface area (Å²) in [7, 11) is 0. The van der Waals surface area contributed by atoms with E-state index in [4.69, 9.17) is 4.74 Å². The SMILES string of the molecule is CC1=CC[C@@H]2[C@@H](C1)c1c(O)cc(C34CC5CC(CC(C5)C3)C4)cc1OC2(C)C. The lowest BCUT2D eigenvalue weighted by atomic mass is 9.48. The number of hydrogen-bond acceptors (Lipinski definition) is 2. The molecule has 1 aromatic rings. The Morgan fingerprint density at radius 3 is 2.29 bits per heavy atom. The van der Waals surface area contributed by atoms with Crippen LogP contribution in [0.15, 0.2) is 23.8 Å². The second kappa shape index (κ2) is 5.58. The van der Waals surface area contributed by atoms with E-state index in [1.54, 1.807) is 0 Å². The van der Waals surface area contributed by atoms with Gasteiger partial charge in [0.05, 0.1) is 0 Å². The zero-order chi connectivity index (χ0) is 19.3. The van der Waals surface area contributed by atoms with Gasteiger partial charge in [0.15, 0.2) is 0 Å². The van der Waals surface area contributed by atoms with Crippen LogP contribution in [0.1, 0.15) is 89.2 Å². The average Bonchev–Trinajstić information content (AvgIpc) is 2.59. The molecule has 0 amide bonds. The van der Waals surface area contributed by atoms with Crippen LogP contribution in [-0.2, 0) is 5.41 Å². The smallest absolute Gasteiger partial charge is 0.127 e. The highest BCUT2D eigenvalue weighted by molar-refractivity contribution is 5.54. The van der Waals surface area contributed by atoms with Crippen molar-refractivity contribution in [3.63, 3.8) is 0 Å². The molecule has 28 heavy (non-hydrogen) atoms. The summed E-state index contributed by atoms with van der Waals surface area (Å²) in [5, 5.41) is 11.2. The topological polar surface area (TPSA) is 29.5 Å². The maximum atomic E-state index is 11.2. The normalized spacial score (nSPS) is 42.4. The van der Waals surface area contributed by atoms with Gasteiger partial charge in [-0.1, -0.05) is 11.6 Å². The minimum absolute atomic E-state index is 0.179. The quantitative estimate of drug-likeness (QED) is 0.567. The first-order chi connectivity index (χ1) is 13.3. The van der Waals surface area contributed by atoms with E-state index in [1.165, 1.54) is 49.7 Å². The summed E-state index contributed by atoms with van der Waals surface area (Å²) >= 11 is 0. The fraction of sp³-hybridized carbons (Fsp3) is 0.692. The van der Waals surface area contributed by atoms with Gasteiger partial charge in [0.2, 0.25) is 0 Å². The highest BCUT2D eigenvalue weighted by Gasteiger charge is 2.53. The Bertz CT molecular complexity index is 826. The molecule has 5 aliphatic carbocycles. The van der Waals surface area contributed by atoms with Crippen molar-refractivity contribution in [1.29, 1.82) is 0 Å². The molecular formula is C26H34O2. The largest absolute Gasteiger partial charge is 0.508 e. The third-order valence-corrected chi connectivity index (χ3v) is 9.16. The third kappa shape index (κ3) is 2.39. The highest BCUT2D eigenvalue weighted by Crippen LogP contribution is 2.62. The number of hydrogen-bond donors (Lipinski definition) is 1. The van der Waals surface area contributed by atoms with Crippen LogP contribution in [0.3, 0.4) is 0 Å². The molecule has 0 aromatic heterocycles. The summed E-state index contributed by atoms with van der Waals surface area (Å²) in [5.74, 6) is 5.05. The lowest BCUT2D eigenvalue weighted by Gasteiger charge is -2.57. The number of phenols is 1. The number of allylic oxidation sites excluding steroid dienone is 2. The molecular weight excluding hydrogens is 344 g/mol. The van der Waals surface area contributed by atoms with Crippen molar-refractivity contribution in [2.75, 3.05) is 0 Å². The number of fused-ring (bicyclic) bond motifs is 3. The highest BCUT2D eigenvalue weighted by atomic mass is 16.5. The van der Waals surface area contributed by atoms with Crippen molar-refractivity contribution in [1.82, 2.24) is 0 Å². The lowest BCUT2D eigenvalue weighted by Crippen LogP contribution is -2.49. The van der Waals surface area contributed by atoms with Crippen molar-refractivity contribution in [2.24, 2.45) is 23.7 Å². The van der Waals surface area contributed by atoms with Gasteiger partial charge in [-0.2, -0.15) is 0 Å². The predicted octanol–water partition coefficient (Wildman–Crippen LogP) is 6.47. The van der Waals surface area contributed by atoms with Crippen LogP contribution in [0.25, 0.3) is 0 Å². The summed E-state index contributed by atoms with van der Waals surface area (Å²) in [6.07, 6.45) is 12.8. The molecule has 4 fully saturated rings. The molecule has 2 nitrogen and oxygen atoms in total. The van der Waals surface area contributed by atoms with Gasteiger partial charge in [-0.3, -0.25) is 0 Å². The number of rotatable bonds is 1. The molecule has 0 unspecified atom stereocenters.